The van der Waals surface area contributed by atoms with Crippen LogP contribution in [0.1, 0.15) is 25.3 Å². The average molecular weight is 390 g/mol. The lowest BCUT2D eigenvalue weighted by atomic mass is 9.99. The second-order valence-corrected chi connectivity index (χ2v) is 7.32. The van der Waals surface area contributed by atoms with Gasteiger partial charge >= 0.3 is 0 Å². The van der Waals surface area contributed by atoms with E-state index in [1.54, 1.807) is 24.5 Å². The molecule has 4 aromatic rings. The van der Waals surface area contributed by atoms with Gasteiger partial charge in [0.25, 0.3) is 0 Å². The fourth-order valence-electron chi connectivity index (χ4n) is 2.96. The predicted octanol–water partition coefficient (Wildman–Crippen LogP) is 7.60. The molecule has 4 rings (SSSR count). The van der Waals surface area contributed by atoms with Gasteiger partial charge in [0.1, 0.15) is 23.0 Å². The number of rotatable bonds is 5. The van der Waals surface area contributed by atoms with E-state index in [1.165, 1.54) is 10.9 Å². The number of aromatic nitrogens is 1. The summed E-state index contributed by atoms with van der Waals surface area (Å²) in [5, 5.41) is 2.82. The summed E-state index contributed by atoms with van der Waals surface area (Å²) in [4.78, 5) is 4.03. The van der Waals surface area contributed by atoms with Crippen LogP contribution in [0.5, 0.6) is 23.0 Å². The van der Waals surface area contributed by atoms with Crippen molar-refractivity contribution >= 4 is 22.4 Å². The third-order valence-electron chi connectivity index (χ3n) is 4.50. The van der Waals surface area contributed by atoms with Crippen LogP contribution in [-0.2, 0) is 0 Å². The van der Waals surface area contributed by atoms with Crippen molar-refractivity contribution < 1.29 is 9.47 Å². The van der Waals surface area contributed by atoms with Gasteiger partial charge in [-0.3, -0.25) is 4.98 Å². The summed E-state index contributed by atoms with van der Waals surface area (Å²) in [7, 11) is 0. The van der Waals surface area contributed by atoms with Gasteiger partial charge in [0.05, 0.1) is 11.2 Å². The van der Waals surface area contributed by atoms with Gasteiger partial charge in [0.15, 0.2) is 0 Å². The Labute approximate surface area is 169 Å². The SMILES string of the molecule is CC(C)c1ccc2cc(Oc3ccc(Oc4cccnc4)cc3Cl)ccc2c1. The second kappa shape index (κ2) is 7.91. The lowest BCUT2D eigenvalue weighted by Crippen LogP contribution is -1.89. The standard InChI is InChI=1S/C24H20ClNO2/c1-16(2)17-5-6-19-13-20(8-7-18(19)12-17)28-24-10-9-21(14-23(24)25)27-22-4-3-11-26-15-22/h3-16H,1-2H3. The van der Waals surface area contributed by atoms with E-state index in [-0.39, 0.29) is 0 Å². The molecule has 3 aromatic carbocycles. The monoisotopic (exact) mass is 389 g/mol. The van der Waals surface area contributed by atoms with Crippen LogP contribution in [0.25, 0.3) is 10.8 Å². The third-order valence-corrected chi connectivity index (χ3v) is 4.80. The molecule has 0 saturated heterocycles. The number of hydrogen-bond donors (Lipinski definition) is 0. The van der Waals surface area contributed by atoms with Crippen molar-refractivity contribution in [2.45, 2.75) is 19.8 Å². The summed E-state index contributed by atoms with van der Waals surface area (Å²) in [5.74, 6) is 3.12. The number of benzene rings is 3. The first-order valence-electron chi connectivity index (χ1n) is 9.17. The largest absolute Gasteiger partial charge is 0.456 e. The summed E-state index contributed by atoms with van der Waals surface area (Å²) in [6.45, 7) is 4.39. The number of halogens is 1. The van der Waals surface area contributed by atoms with Crippen LogP contribution >= 0.6 is 11.6 Å². The summed E-state index contributed by atoms with van der Waals surface area (Å²) in [6, 6.07) is 21.6. The van der Waals surface area contributed by atoms with Crippen molar-refractivity contribution in [3.8, 4) is 23.0 Å². The fourth-order valence-corrected chi connectivity index (χ4v) is 3.17. The maximum absolute atomic E-state index is 6.40. The van der Waals surface area contributed by atoms with Crippen LogP contribution in [0.2, 0.25) is 5.02 Å². The lowest BCUT2D eigenvalue weighted by molar-refractivity contribution is 0.468. The zero-order chi connectivity index (χ0) is 19.5. The minimum atomic E-state index is 0.483. The van der Waals surface area contributed by atoms with Crippen LogP contribution in [0.15, 0.2) is 79.1 Å². The van der Waals surface area contributed by atoms with Gasteiger partial charge in [0, 0.05) is 12.3 Å². The van der Waals surface area contributed by atoms with Crippen LogP contribution < -0.4 is 9.47 Å². The molecule has 0 aliphatic heterocycles. The highest BCUT2D eigenvalue weighted by Gasteiger charge is 2.08. The van der Waals surface area contributed by atoms with Crippen molar-refractivity contribution in [2.75, 3.05) is 0 Å². The van der Waals surface area contributed by atoms with Crippen molar-refractivity contribution in [1.29, 1.82) is 0 Å². The van der Waals surface area contributed by atoms with Crippen molar-refractivity contribution in [1.82, 2.24) is 4.98 Å². The molecule has 0 aliphatic rings. The Morgan fingerprint density at radius 2 is 1.54 bits per heavy atom. The Balaban J connectivity index is 1.54. The molecule has 3 nitrogen and oxygen atoms in total. The van der Waals surface area contributed by atoms with Gasteiger partial charge in [-0.1, -0.05) is 49.7 Å². The van der Waals surface area contributed by atoms with Gasteiger partial charge < -0.3 is 9.47 Å². The molecule has 0 radical (unpaired) electrons. The van der Waals surface area contributed by atoms with Gasteiger partial charge in [-0.15, -0.1) is 0 Å². The first kappa shape index (κ1) is 18.3. The average Bonchev–Trinajstić information content (AvgIpc) is 2.70. The number of ether oxygens (including phenoxy) is 2. The molecule has 0 unspecified atom stereocenters. The molecule has 0 atom stereocenters. The minimum Gasteiger partial charge on any atom is -0.456 e. The molecule has 1 aromatic heterocycles. The highest BCUT2D eigenvalue weighted by Crippen LogP contribution is 2.35. The fraction of sp³-hybridized carbons (Fsp3) is 0.125. The second-order valence-electron chi connectivity index (χ2n) is 6.91. The molecule has 0 bridgehead atoms. The molecule has 140 valence electrons. The van der Waals surface area contributed by atoms with Gasteiger partial charge in [-0.05, 0) is 58.7 Å². The topological polar surface area (TPSA) is 31.4 Å². The van der Waals surface area contributed by atoms with E-state index in [9.17, 15) is 0 Å². The zero-order valence-electron chi connectivity index (χ0n) is 15.7. The van der Waals surface area contributed by atoms with E-state index in [0.717, 1.165) is 11.1 Å². The molecule has 0 saturated carbocycles. The molecular formula is C24H20ClNO2. The van der Waals surface area contributed by atoms with Gasteiger partial charge in [-0.2, -0.15) is 0 Å². The summed E-state index contributed by atoms with van der Waals surface area (Å²) in [6.07, 6.45) is 3.35. The van der Waals surface area contributed by atoms with E-state index in [4.69, 9.17) is 21.1 Å². The Bertz CT molecular complexity index is 1110. The van der Waals surface area contributed by atoms with Crippen molar-refractivity contribution in [2.24, 2.45) is 0 Å². The normalized spacial score (nSPS) is 11.0. The van der Waals surface area contributed by atoms with Crippen LogP contribution in [0.4, 0.5) is 0 Å². The number of fused-ring (bicyclic) bond motifs is 1. The van der Waals surface area contributed by atoms with E-state index in [1.807, 2.05) is 30.3 Å². The highest BCUT2D eigenvalue weighted by molar-refractivity contribution is 6.32. The number of pyridine rings is 1. The molecule has 0 fully saturated rings. The first-order chi connectivity index (χ1) is 13.6. The molecule has 0 aliphatic carbocycles. The summed E-state index contributed by atoms with van der Waals surface area (Å²) in [5.41, 5.74) is 1.33. The highest BCUT2D eigenvalue weighted by atomic mass is 35.5. The van der Waals surface area contributed by atoms with Crippen molar-refractivity contribution in [3.05, 3.63) is 89.7 Å². The minimum absolute atomic E-state index is 0.483. The molecule has 0 N–H and O–H groups in total. The summed E-state index contributed by atoms with van der Waals surface area (Å²) >= 11 is 6.40. The third kappa shape index (κ3) is 4.10. The Morgan fingerprint density at radius 1 is 0.786 bits per heavy atom. The molecule has 1 heterocycles. The van der Waals surface area contributed by atoms with E-state index < -0.39 is 0 Å². The summed E-state index contributed by atoms with van der Waals surface area (Å²) < 4.78 is 11.8. The maximum Gasteiger partial charge on any atom is 0.146 e. The number of hydrogen-bond acceptors (Lipinski definition) is 3. The quantitative estimate of drug-likeness (QED) is 0.352. The molecule has 4 heteroatoms. The van der Waals surface area contributed by atoms with Gasteiger partial charge in [-0.25, -0.2) is 0 Å². The molecule has 0 amide bonds. The van der Waals surface area contributed by atoms with Crippen LogP contribution in [0.3, 0.4) is 0 Å². The molecule has 0 spiro atoms. The Morgan fingerprint density at radius 3 is 2.29 bits per heavy atom. The van der Waals surface area contributed by atoms with Gasteiger partial charge in [0.2, 0.25) is 0 Å². The predicted molar refractivity (Wildman–Crippen MR) is 114 cm³/mol. The molecule has 28 heavy (non-hydrogen) atoms. The Kier molecular flexibility index (Phi) is 5.18. The Hall–Kier alpha value is -3.04. The van der Waals surface area contributed by atoms with E-state index >= 15 is 0 Å². The number of nitrogens with zero attached hydrogens (tertiary/aromatic N) is 1. The lowest BCUT2D eigenvalue weighted by Gasteiger charge is -2.11. The first-order valence-corrected chi connectivity index (χ1v) is 9.55. The zero-order valence-corrected chi connectivity index (χ0v) is 16.5. The van der Waals surface area contributed by atoms with E-state index in [0.29, 0.717) is 28.2 Å². The van der Waals surface area contributed by atoms with Crippen molar-refractivity contribution in [3.63, 3.8) is 0 Å². The molecular weight excluding hydrogens is 370 g/mol. The smallest absolute Gasteiger partial charge is 0.146 e. The maximum atomic E-state index is 6.40. The van der Waals surface area contributed by atoms with E-state index in [2.05, 4.69) is 43.1 Å². The van der Waals surface area contributed by atoms with Crippen LogP contribution in [-0.4, -0.2) is 4.98 Å². The van der Waals surface area contributed by atoms with Crippen LogP contribution in [0, 0.1) is 0 Å².